The van der Waals surface area contributed by atoms with Gasteiger partial charge in [-0.15, -0.1) is 0 Å². The summed E-state index contributed by atoms with van der Waals surface area (Å²) in [5.74, 6) is 0. The van der Waals surface area contributed by atoms with E-state index in [4.69, 9.17) is 13.3 Å². The lowest BCUT2D eigenvalue weighted by molar-refractivity contribution is 0.0714. The standard InChI is InChI=1S/C22H33NO3Si/c1-5-23(21-12-10-9-11-13-21)22-16-14-20(15-17-22)18-19-27(24-6-2,25-7-3)26-8-4/h9-17H,5-8,18-19H2,1-4H3. The molecule has 0 fully saturated rings. The van der Waals surface area contributed by atoms with Crippen molar-refractivity contribution in [1.29, 1.82) is 0 Å². The first-order valence-corrected chi connectivity index (χ1v) is 11.9. The maximum Gasteiger partial charge on any atom is 0.501 e. The Labute approximate surface area is 165 Å². The van der Waals surface area contributed by atoms with Crippen molar-refractivity contribution in [2.45, 2.75) is 40.2 Å². The van der Waals surface area contributed by atoms with E-state index in [1.807, 2.05) is 26.8 Å². The molecule has 5 heteroatoms. The number of aryl methyl sites for hydroxylation is 1. The summed E-state index contributed by atoms with van der Waals surface area (Å²) in [4.78, 5) is 2.31. The Balaban J connectivity index is 2.07. The van der Waals surface area contributed by atoms with Gasteiger partial charge in [0.05, 0.1) is 0 Å². The Morgan fingerprint density at radius 2 is 1.22 bits per heavy atom. The number of nitrogens with zero attached hydrogens (tertiary/aromatic N) is 1. The third kappa shape index (κ3) is 6.18. The van der Waals surface area contributed by atoms with Crippen LogP contribution in [0.1, 0.15) is 33.3 Å². The lowest BCUT2D eigenvalue weighted by Crippen LogP contribution is -2.46. The van der Waals surface area contributed by atoms with Crippen molar-refractivity contribution in [2.24, 2.45) is 0 Å². The van der Waals surface area contributed by atoms with Crippen molar-refractivity contribution in [2.75, 3.05) is 31.3 Å². The van der Waals surface area contributed by atoms with Crippen LogP contribution in [0.3, 0.4) is 0 Å². The molecular formula is C22H33NO3Si. The fourth-order valence-corrected chi connectivity index (χ4v) is 5.86. The van der Waals surface area contributed by atoms with E-state index in [1.54, 1.807) is 0 Å². The van der Waals surface area contributed by atoms with Crippen LogP contribution >= 0.6 is 0 Å². The van der Waals surface area contributed by atoms with Crippen LogP contribution < -0.4 is 4.90 Å². The molecule has 0 heterocycles. The molecule has 0 radical (unpaired) electrons. The minimum Gasteiger partial charge on any atom is -0.374 e. The van der Waals surface area contributed by atoms with Crippen molar-refractivity contribution in [3.05, 3.63) is 60.2 Å². The Bertz CT molecular complexity index is 631. The molecule has 0 bridgehead atoms. The molecule has 0 saturated carbocycles. The zero-order valence-electron chi connectivity index (χ0n) is 17.1. The van der Waals surface area contributed by atoms with E-state index >= 15 is 0 Å². The first kappa shape index (κ1) is 21.6. The van der Waals surface area contributed by atoms with Crippen LogP contribution in [-0.4, -0.2) is 35.2 Å². The molecule has 0 spiro atoms. The predicted molar refractivity (Wildman–Crippen MR) is 115 cm³/mol. The molecule has 0 aliphatic carbocycles. The van der Waals surface area contributed by atoms with Crippen LogP contribution in [-0.2, 0) is 19.7 Å². The molecule has 0 N–H and O–H groups in total. The van der Waals surface area contributed by atoms with Gasteiger partial charge in [0.2, 0.25) is 0 Å². The second kappa shape index (κ2) is 11.2. The average Bonchev–Trinajstić information content (AvgIpc) is 2.69. The van der Waals surface area contributed by atoms with E-state index in [1.165, 1.54) is 16.9 Å². The molecule has 0 aromatic heterocycles. The molecule has 4 nitrogen and oxygen atoms in total. The van der Waals surface area contributed by atoms with Crippen LogP contribution in [0.5, 0.6) is 0 Å². The molecule has 148 valence electrons. The monoisotopic (exact) mass is 387 g/mol. The number of anilines is 2. The Hall–Kier alpha value is -1.66. The third-order valence-electron chi connectivity index (χ3n) is 4.44. The minimum absolute atomic E-state index is 0.619. The van der Waals surface area contributed by atoms with Crippen LogP contribution in [0.4, 0.5) is 11.4 Å². The number of hydrogen-bond donors (Lipinski definition) is 0. The van der Waals surface area contributed by atoms with Gasteiger partial charge >= 0.3 is 8.80 Å². The Morgan fingerprint density at radius 3 is 1.70 bits per heavy atom. The highest BCUT2D eigenvalue weighted by Gasteiger charge is 2.39. The quantitative estimate of drug-likeness (QED) is 0.454. The van der Waals surface area contributed by atoms with Gasteiger partial charge in [-0.2, -0.15) is 0 Å². The summed E-state index contributed by atoms with van der Waals surface area (Å²) in [6.07, 6.45) is 0.893. The third-order valence-corrected chi connectivity index (χ3v) is 7.49. The molecule has 2 aromatic carbocycles. The van der Waals surface area contributed by atoms with Crippen LogP contribution in [0.15, 0.2) is 54.6 Å². The summed E-state index contributed by atoms with van der Waals surface area (Å²) in [6, 6.07) is 20.1. The van der Waals surface area contributed by atoms with Crippen molar-refractivity contribution < 1.29 is 13.3 Å². The number of benzene rings is 2. The zero-order chi connectivity index (χ0) is 19.5. The maximum absolute atomic E-state index is 5.96. The number of rotatable bonds is 12. The van der Waals surface area contributed by atoms with Crippen molar-refractivity contribution in [3.8, 4) is 0 Å². The van der Waals surface area contributed by atoms with Gasteiger partial charge in [0.15, 0.2) is 0 Å². The van der Waals surface area contributed by atoms with Gasteiger partial charge in [0.1, 0.15) is 0 Å². The van der Waals surface area contributed by atoms with Crippen molar-refractivity contribution in [1.82, 2.24) is 0 Å². The van der Waals surface area contributed by atoms with E-state index in [0.29, 0.717) is 19.8 Å². The fraction of sp³-hybridized carbons (Fsp3) is 0.455. The van der Waals surface area contributed by atoms with Gasteiger partial charge in [-0.05, 0) is 63.9 Å². The second-order valence-corrected chi connectivity index (χ2v) is 8.96. The van der Waals surface area contributed by atoms with Gasteiger partial charge in [-0.3, -0.25) is 0 Å². The minimum atomic E-state index is -2.58. The van der Waals surface area contributed by atoms with E-state index in [9.17, 15) is 0 Å². The van der Waals surface area contributed by atoms with Gasteiger partial charge in [-0.25, -0.2) is 0 Å². The van der Waals surface area contributed by atoms with E-state index in [2.05, 4.69) is 60.4 Å². The SMILES string of the molecule is CCO[Si](CCc1ccc(N(CC)c2ccccc2)cc1)(OCC)OCC. The van der Waals surface area contributed by atoms with Crippen LogP contribution in [0, 0.1) is 0 Å². The fourth-order valence-electron chi connectivity index (χ4n) is 3.26. The molecular weight excluding hydrogens is 354 g/mol. The molecule has 0 saturated heterocycles. The Morgan fingerprint density at radius 1 is 0.704 bits per heavy atom. The maximum atomic E-state index is 5.96. The lowest BCUT2D eigenvalue weighted by atomic mass is 10.1. The lowest BCUT2D eigenvalue weighted by Gasteiger charge is -2.28. The van der Waals surface area contributed by atoms with E-state index in [0.717, 1.165) is 19.0 Å². The largest absolute Gasteiger partial charge is 0.501 e. The van der Waals surface area contributed by atoms with Gasteiger partial charge in [-0.1, -0.05) is 30.3 Å². The van der Waals surface area contributed by atoms with Gasteiger partial charge < -0.3 is 18.2 Å². The summed E-state index contributed by atoms with van der Waals surface area (Å²) < 4.78 is 17.9. The smallest absolute Gasteiger partial charge is 0.374 e. The highest BCUT2D eigenvalue weighted by atomic mass is 28.4. The summed E-state index contributed by atoms with van der Waals surface area (Å²) >= 11 is 0. The summed E-state index contributed by atoms with van der Waals surface area (Å²) in [5, 5.41) is 0. The topological polar surface area (TPSA) is 30.9 Å². The molecule has 0 aliphatic rings. The average molecular weight is 388 g/mol. The summed E-state index contributed by atoms with van der Waals surface area (Å²) in [6.45, 7) is 11.0. The van der Waals surface area contributed by atoms with E-state index < -0.39 is 8.80 Å². The van der Waals surface area contributed by atoms with Crippen LogP contribution in [0.25, 0.3) is 0 Å². The van der Waals surface area contributed by atoms with Crippen LogP contribution in [0.2, 0.25) is 6.04 Å². The summed E-state index contributed by atoms with van der Waals surface area (Å²) in [7, 11) is -2.58. The first-order valence-electron chi connectivity index (χ1n) is 10.0. The second-order valence-electron chi connectivity index (χ2n) is 6.23. The molecule has 0 amide bonds. The molecule has 0 aliphatic heterocycles. The zero-order valence-corrected chi connectivity index (χ0v) is 18.1. The van der Waals surface area contributed by atoms with Gasteiger partial charge in [0.25, 0.3) is 0 Å². The molecule has 27 heavy (non-hydrogen) atoms. The van der Waals surface area contributed by atoms with Gasteiger partial charge in [0, 0.05) is 43.8 Å². The predicted octanol–water partition coefficient (Wildman–Crippen LogP) is 5.44. The summed E-state index contributed by atoms with van der Waals surface area (Å²) in [5.41, 5.74) is 3.69. The highest BCUT2D eigenvalue weighted by molar-refractivity contribution is 6.60. The number of hydrogen-bond acceptors (Lipinski definition) is 4. The van der Waals surface area contributed by atoms with E-state index in [-0.39, 0.29) is 0 Å². The molecule has 0 unspecified atom stereocenters. The Kier molecular flexibility index (Phi) is 9.01. The molecule has 0 atom stereocenters. The van der Waals surface area contributed by atoms with Crippen molar-refractivity contribution >= 4 is 20.2 Å². The highest BCUT2D eigenvalue weighted by Crippen LogP contribution is 2.26. The normalized spacial score (nSPS) is 11.6. The number of para-hydroxylation sites is 1. The first-order chi connectivity index (χ1) is 13.2. The molecule has 2 aromatic rings. The van der Waals surface area contributed by atoms with Crippen molar-refractivity contribution in [3.63, 3.8) is 0 Å². The molecule has 2 rings (SSSR count).